The van der Waals surface area contributed by atoms with Gasteiger partial charge in [0.1, 0.15) is 30.4 Å². The highest BCUT2D eigenvalue weighted by molar-refractivity contribution is 5.43. The summed E-state index contributed by atoms with van der Waals surface area (Å²) in [7, 11) is 1.65. The van der Waals surface area contributed by atoms with Gasteiger partial charge in [0, 0.05) is 32.0 Å². The van der Waals surface area contributed by atoms with Gasteiger partial charge in [-0.3, -0.25) is 4.90 Å². The van der Waals surface area contributed by atoms with E-state index in [2.05, 4.69) is 9.88 Å². The Hall–Kier alpha value is -3.07. The summed E-state index contributed by atoms with van der Waals surface area (Å²) >= 11 is 0. The summed E-state index contributed by atoms with van der Waals surface area (Å²) in [5.41, 5.74) is 1.09. The van der Waals surface area contributed by atoms with Crippen molar-refractivity contribution in [3.05, 3.63) is 71.8 Å². The van der Waals surface area contributed by atoms with Gasteiger partial charge in [-0.15, -0.1) is 0 Å². The average molecular weight is 482 g/mol. The lowest BCUT2D eigenvalue weighted by Gasteiger charge is -2.30. The van der Waals surface area contributed by atoms with Crippen molar-refractivity contribution in [2.45, 2.75) is 32.5 Å². The summed E-state index contributed by atoms with van der Waals surface area (Å²) < 4.78 is 25.2. The summed E-state index contributed by atoms with van der Waals surface area (Å²) in [6.07, 6.45) is 3.73. The molecule has 0 aliphatic carbocycles. The topological polar surface area (TPSA) is 78.2 Å². The number of hydrogen-bond donors (Lipinski definition) is 1. The predicted octanol–water partition coefficient (Wildman–Crippen LogP) is 3.23. The molecule has 8 heteroatoms. The van der Waals surface area contributed by atoms with Gasteiger partial charge in [-0.25, -0.2) is 4.98 Å². The Kier molecular flexibility index (Phi) is 8.28. The van der Waals surface area contributed by atoms with Crippen LogP contribution in [0.2, 0.25) is 0 Å². The summed E-state index contributed by atoms with van der Waals surface area (Å²) in [6, 6.07) is 13.8. The van der Waals surface area contributed by atoms with Crippen LogP contribution in [0.3, 0.4) is 0 Å². The number of ether oxygens (including phenoxy) is 4. The molecule has 3 aromatic rings. The molecule has 4 rings (SSSR count). The number of aryl methyl sites for hydroxylation is 2. The van der Waals surface area contributed by atoms with Gasteiger partial charge in [0.25, 0.3) is 0 Å². The lowest BCUT2D eigenvalue weighted by molar-refractivity contribution is -0.0646. The van der Waals surface area contributed by atoms with Crippen LogP contribution in [0.5, 0.6) is 17.2 Å². The SMILES string of the molecule is COc1cc(CN2CCOC[C@](O)(COc3cccc(C)c3)C2)ccc1OCCn1ccnc1C. The number of methoxy groups -OCH3 is 1. The molecule has 0 radical (unpaired) electrons. The molecular formula is C27H35N3O5. The van der Waals surface area contributed by atoms with Crippen LogP contribution < -0.4 is 14.2 Å². The van der Waals surface area contributed by atoms with Crippen molar-refractivity contribution in [2.75, 3.05) is 46.6 Å². The first-order valence-corrected chi connectivity index (χ1v) is 11.9. The van der Waals surface area contributed by atoms with Crippen molar-refractivity contribution in [2.24, 2.45) is 0 Å². The molecule has 1 atom stereocenters. The van der Waals surface area contributed by atoms with E-state index >= 15 is 0 Å². The number of hydrogen-bond acceptors (Lipinski definition) is 7. The van der Waals surface area contributed by atoms with Gasteiger partial charge in [-0.05, 0) is 49.2 Å². The fourth-order valence-electron chi connectivity index (χ4n) is 4.22. The molecule has 1 N–H and O–H groups in total. The minimum absolute atomic E-state index is 0.166. The first kappa shape index (κ1) is 25.0. The minimum Gasteiger partial charge on any atom is -0.493 e. The van der Waals surface area contributed by atoms with Crippen LogP contribution in [-0.2, 0) is 17.8 Å². The van der Waals surface area contributed by atoms with Crippen LogP contribution in [-0.4, -0.2) is 71.8 Å². The van der Waals surface area contributed by atoms with Gasteiger partial charge in [0.15, 0.2) is 11.5 Å². The quantitative estimate of drug-likeness (QED) is 0.476. The summed E-state index contributed by atoms with van der Waals surface area (Å²) in [4.78, 5) is 6.42. The fraction of sp³-hybridized carbons (Fsp3) is 0.444. The summed E-state index contributed by atoms with van der Waals surface area (Å²) in [5.74, 6) is 3.10. The second-order valence-corrected chi connectivity index (χ2v) is 9.09. The molecule has 35 heavy (non-hydrogen) atoms. The first-order chi connectivity index (χ1) is 16.9. The van der Waals surface area contributed by atoms with E-state index in [1.807, 2.05) is 67.1 Å². The maximum absolute atomic E-state index is 11.2. The maximum atomic E-state index is 11.2. The molecule has 0 unspecified atom stereocenters. The third-order valence-corrected chi connectivity index (χ3v) is 6.09. The lowest BCUT2D eigenvalue weighted by atomic mass is 10.1. The van der Waals surface area contributed by atoms with Gasteiger partial charge in [0.2, 0.25) is 0 Å². The predicted molar refractivity (Wildman–Crippen MR) is 133 cm³/mol. The molecule has 8 nitrogen and oxygen atoms in total. The zero-order chi connectivity index (χ0) is 24.7. The molecule has 0 bridgehead atoms. The first-order valence-electron chi connectivity index (χ1n) is 11.9. The molecule has 1 aliphatic rings. The van der Waals surface area contributed by atoms with Gasteiger partial charge in [0.05, 0.1) is 26.9 Å². The standard InChI is InChI=1S/C27H35N3O5/c1-21-5-4-6-24(15-21)35-20-27(31)18-29(11-13-33-19-27)17-23-7-8-25(26(16-23)32-3)34-14-12-30-10-9-28-22(30)2/h4-10,15-16,31H,11-14,17-20H2,1-3H3/t27-/m0/s1. The molecule has 0 saturated carbocycles. The van der Waals surface area contributed by atoms with Crippen LogP contribution in [0.15, 0.2) is 54.9 Å². The molecule has 1 aromatic heterocycles. The van der Waals surface area contributed by atoms with Crippen molar-refractivity contribution in [3.63, 3.8) is 0 Å². The van der Waals surface area contributed by atoms with Crippen LogP contribution in [0, 0.1) is 13.8 Å². The van der Waals surface area contributed by atoms with E-state index in [0.717, 1.165) is 29.2 Å². The molecule has 188 valence electrons. The third-order valence-electron chi connectivity index (χ3n) is 6.09. The molecule has 2 aromatic carbocycles. The van der Waals surface area contributed by atoms with E-state index in [4.69, 9.17) is 18.9 Å². The average Bonchev–Trinajstić information content (AvgIpc) is 3.16. The van der Waals surface area contributed by atoms with Gasteiger partial charge >= 0.3 is 0 Å². The monoisotopic (exact) mass is 481 g/mol. The van der Waals surface area contributed by atoms with Crippen LogP contribution in [0.25, 0.3) is 0 Å². The second kappa shape index (κ2) is 11.6. The Morgan fingerprint density at radius 3 is 2.77 bits per heavy atom. The molecular weight excluding hydrogens is 446 g/mol. The Labute approximate surface area is 207 Å². The van der Waals surface area contributed by atoms with Crippen molar-refractivity contribution < 1.29 is 24.1 Å². The highest BCUT2D eigenvalue weighted by Crippen LogP contribution is 2.29. The number of imidazole rings is 1. The van der Waals surface area contributed by atoms with Crippen LogP contribution in [0.1, 0.15) is 17.0 Å². The van der Waals surface area contributed by atoms with Gasteiger partial charge in [-0.1, -0.05) is 18.2 Å². The second-order valence-electron chi connectivity index (χ2n) is 9.09. The number of nitrogens with zero attached hydrogens (tertiary/aromatic N) is 3. The minimum atomic E-state index is -1.10. The van der Waals surface area contributed by atoms with Crippen molar-refractivity contribution in [1.82, 2.24) is 14.5 Å². The Morgan fingerprint density at radius 2 is 2.00 bits per heavy atom. The largest absolute Gasteiger partial charge is 0.493 e. The third kappa shape index (κ3) is 6.97. The number of aliphatic hydroxyl groups is 1. The molecule has 0 spiro atoms. The van der Waals surface area contributed by atoms with Gasteiger partial charge < -0.3 is 28.6 Å². The Morgan fingerprint density at radius 1 is 1.11 bits per heavy atom. The van der Waals surface area contributed by atoms with E-state index in [9.17, 15) is 5.11 Å². The number of benzene rings is 2. The zero-order valence-corrected chi connectivity index (χ0v) is 20.8. The number of aromatic nitrogens is 2. The normalized spacial score (nSPS) is 18.7. The smallest absolute Gasteiger partial charge is 0.161 e. The van der Waals surface area contributed by atoms with Crippen LogP contribution >= 0.6 is 0 Å². The molecule has 2 heterocycles. The molecule has 0 amide bonds. The van der Waals surface area contributed by atoms with Gasteiger partial charge in [-0.2, -0.15) is 0 Å². The zero-order valence-electron chi connectivity index (χ0n) is 20.8. The number of rotatable bonds is 10. The van der Waals surface area contributed by atoms with Crippen molar-refractivity contribution in [3.8, 4) is 17.2 Å². The highest BCUT2D eigenvalue weighted by atomic mass is 16.5. The van der Waals surface area contributed by atoms with E-state index < -0.39 is 5.60 Å². The highest BCUT2D eigenvalue weighted by Gasteiger charge is 2.33. The Balaban J connectivity index is 1.35. The van der Waals surface area contributed by atoms with Crippen molar-refractivity contribution >= 4 is 0 Å². The molecule has 1 saturated heterocycles. The molecule has 1 fully saturated rings. The van der Waals surface area contributed by atoms with E-state index in [1.165, 1.54) is 0 Å². The van der Waals surface area contributed by atoms with E-state index in [1.54, 1.807) is 13.3 Å². The van der Waals surface area contributed by atoms with Crippen molar-refractivity contribution in [1.29, 1.82) is 0 Å². The lowest BCUT2D eigenvalue weighted by Crippen LogP contribution is -2.48. The number of β-amino-alcohol motifs (C(OH)–C–C–N with tert-alkyl or cyclic N) is 1. The maximum Gasteiger partial charge on any atom is 0.161 e. The Bertz CT molecular complexity index is 1100. The summed E-state index contributed by atoms with van der Waals surface area (Å²) in [5, 5.41) is 11.2. The van der Waals surface area contributed by atoms with E-state index in [-0.39, 0.29) is 13.2 Å². The van der Waals surface area contributed by atoms with Crippen LogP contribution in [0.4, 0.5) is 0 Å². The fourth-order valence-corrected chi connectivity index (χ4v) is 4.22. The summed E-state index contributed by atoms with van der Waals surface area (Å²) in [6.45, 7) is 8.00. The van der Waals surface area contributed by atoms with E-state index in [0.29, 0.717) is 44.3 Å². The molecule has 1 aliphatic heterocycles.